The summed E-state index contributed by atoms with van der Waals surface area (Å²) in [4.78, 5) is 0. The van der Waals surface area contributed by atoms with Crippen molar-refractivity contribution in [1.82, 2.24) is 0 Å². The van der Waals surface area contributed by atoms with Crippen LogP contribution in [-0.2, 0) is 0 Å². The maximum atomic E-state index is 5.66. The van der Waals surface area contributed by atoms with Gasteiger partial charge in [-0.15, -0.1) is 0 Å². The summed E-state index contributed by atoms with van der Waals surface area (Å²) in [6.07, 6.45) is 0. The van der Waals surface area contributed by atoms with Crippen LogP contribution in [0.25, 0.3) is 0 Å². The summed E-state index contributed by atoms with van der Waals surface area (Å²) < 4.78 is 0.918. The predicted molar refractivity (Wildman–Crippen MR) is 51.2 cm³/mol. The van der Waals surface area contributed by atoms with Gasteiger partial charge in [-0.25, -0.2) is 0 Å². The Morgan fingerprint density at radius 3 is 2.55 bits per heavy atom. The highest BCUT2D eigenvalue weighted by Crippen LogP contribution is 2.22. The minimum atomic E-state index is 0.0467. The standard InChI is InChI=1S/C8H11BrN2/c1-5(10)6-2-3-7(9)8(11)4-6/h2-5H,10-11H2,1H3/t5-/m1/s1. The van der Waals surface area contributed by atoms with E-state index in [1.807, 2.05) is 25.1 Å². The maximum Gasteiger partial charge on any atom is 0.0461 e. The molecule has 0 fully saturated rings. The van der Waals surface area contributed by atoms with Crippen LogP contribution >= 0.6 is 15.9 Å². The lowest BCUT2D eigenvalue weighted by Crippen LogP contribution is -2.05. The number of benzene rings is 1. The van der Waals surface area contributed by atoms with E-state index in [-0.39, 0.29) is 6.04 Å². The van der Waals surface area contributed by atoms with E-state index >= 15 is 0 Å². The van der Waals surface area contributed by atoms with Crippen molar-refractivity contribution in [3.05, 3.63) is 28.2 Å². The highest BCUT2D eigenvalue weighted by atomic mass is 79.9. The minimum Gasteiger partial charge on any atom is -0.398 e. The number of nitrogens with two attached hydrogens (primary N) is 2. The molecule has 0 saturated carbocycles. The lowest BCUT2D eigenvalue weighted by molar-refractivity contribution is 0.818. The zero-order valence-corrected chi connectivity index (χ0v) is 7.93. The molecular weight excluding hydrogens is 204 g/mol. The summed E-state index contributed by atoms with van der Waals surface area (Å²) in [7, 11) is 0. The Kier molecular flexibility index (Phi) is 2.52. The van der Waals surface area contributed by atoms with E-state index in [1.54, 1.807) is 0 Å². The van der Waals surface area contributed by atoms with Gasteiger partial charge in [-0.05, 0) is 40.5 Å². The molecule has 3 heteroatoms. The molecule has 1 aromatic carbocycles. The molecule has 60 valence electrons. The molecule has 0 unspecified atom stereocenters. The third-order valence-electron chi connectivity index (χ3n) is 1.55. The molecule has 0 aromatic heterocycles. The summed E-state index contributed by atoms with van der Waals surface area (Å²) in [5.41, 5.74) is 13.1. The molecule has 0 spiro atoms. The van der Waals surface area contributed by atoms with E-state index in [1.165, 1.54) is 0 Å². The molecule has 11 heavy (non-hydrogen) atoms. The fourth-order valence-electron chi connectivity index (χ4n) is 0.845. The molecule has 0 aliphatic rings. The molecule has 4 N–H and O–H groups in total. The lowest BCUT2D eigenvalue weighted by atomic mass is 10.1. The zero-order valence-electron chi connectivity index (χ0n) is 6.34. The Morgan fingerprint density at radius 2 is 2.09 bits per heavy atom. The molecule has 0 aliphatic heterocycles. The van der Waals surface area contributed by atoms with Crippen molar-refractivity contribution in [3.8, 4) is 0 Å². The van der Waals surface area contributed by atoms with E-state index in [2.05, 4.69) is 15.9 Å². The molecule has 0 amide bonds. The Morgan fingerprint density at radius 1 is 1.45 bits per heavy atom. The normalized spacial score (nSPS) is 13.0. The smallest absolute Gasteiger partial charge is 0.0461 e. The van der Waals surface area contributed by atoms with Gasteiger partial charge in [0.25, 0.3) is 0 Å². The molecule has 2 nitrogen and oxygen atoms in total. The van der Waals surface area contributed by atoms with E-state index in [0.29, 0.717) is 0 Å². The monoisotopic (exact) mass is 214 g/mol. The Hall–Kier alpha value is -0.540. The molecule has 1 rings (SSSR count). The van der Waals surface area contributed by atoms with Crippen molar-refractivity contribution in [1.29, 1.82) is 0 Å². The van der Waals surface area contributed by atoms with Gasteiger partial charge in [-0.2, -0.15) is 0 Å². The second-order valence-electron chi connectivity index (χ2n) is 2.57. The number of halogens is 1. The number of rotatable bonds is 1. The van der Waals surface area contributed by atoms with Crippen LogP contribution in [0.3, 0.4) is 0 Å². The first-order valence-corrected chi connectivity index (χ1v) is 4.21. The van der Waals surface area contributed by atoms with Crippen LogP contribution in [0.2, 0.25) is 0 Å². The quantitative estimate of drug-likeness (QED) is 0.704. The van der Waals surface area contributed by atoms with Gasteiger partial charge < -0.3 is 11.5 Å². The van der Waals surface area contributed by atoms with Gasteiger partial charge in [-0.3, -0.25) is 0 Å². The van der Waals surface area contributed by atoms with Gasteiger partial charge in [0, 0.05) is 16.2 Å². The van der Waals surface area contributed by atoms with E-state index < -0.39 is 0 Å². The first-order chi connectivity index (χ1) is 5.11. The number of anilines is 1. The predicted octanol–water partition coefficient (Wildman–Crippen LogP) is 2.05. The third-order valence-corrected chi connectivity index (χ3v) is 2.27. The second kappa shape index (κ2) is 3.24. The second-order valence-corrected chi connectivity index (χ2v) is 3.42. The van der Waals surface area contributed by atoms with Crippen LogP contribution in [0.4, 0.5) is 5.69 Å². The summed E-state index contributed by atoms with van der Waals surface area (Å²) in [5.74, 6) is 0. The number of nitrogen functional groups attached to an aromatic ring is 1. The van der Waals surface area contributed by atoms with Gasteiger partial charge >= 0.3 is 0 Å². The SMILES string of the molecule is C[C@@H](N)c1ccc(Br)c(N)c1. The van der Waals surface area contributed by atoms with Crippen molar-refractivity contribution >= 4 is 21.6 Å². The average molecular weight is 215 g/mol. The molecule has 0 saturated heterocycles. The van der Waals surface area contributed by atoms with Crippen LogP contribution in [0.1, 0.15) is 18.5 Å². The van der Waals surface area contributed by atoms with Crippen LogP contribution in [0.15, 0.2) is 22.7 Å². The average Bonchev–Trinajstić information content (AvgIpc) is 1.94. The summed E-state index contributed by atoms with van der Waals surface area (Å²) in [6, 6.07) is 5.80. The van der Waals surface area contributed by atoms with Crippen LogP contribution in [-0.4, -0.2) is 0 Å². The molecule has 1 atom stereocenters. The Bertz CT molecular complexity index is 258. The maximum absolute atomic E-state index is 5.66. The van der Waals surface area contributed by atoms with Gasteiger partial charge in [0.1, 0.15) is 0 Å². The number of hydrogen-bond donors (Lipinski definition) is 2. The third kappa shape index (κ3) is 1.94. The van der Waals surface area contributed by atoms with Gasteiger partial charge in [0.15, 0.2) is 0 Å². The number of hydrogen-bond acceptors (Lipinski definition) is 2. The fraction of sp³-hybridized carbons (Fsp3) is 0.250. The zero-order chi connectivity index (χ0) is 8.43. The Balaban J connectivity index is 3.05. The van der Waals surface area contributed by atoms with Gasteiger partial charge in [-0.1, -0.05) is 6.07 Å². The van der Waals surface area contributed by atoms with E-state index in [0.717, 1.165) is 15.7 Å². The molecule has 0 aliphatic carbocycles. The minimum absolute atomic E-state index is 0.0467. The van der Waals surface area contributed by atoms with Gasteiger partial charge in [0.05, 0.1) is 0 Å². The van der Waals surface area contributed by atoms with Crippen molar-refractivity contribution in [2.24, 2.45) is 5.73 Å². The topological polar surface area (TPSA) is 52.0 Å². The molecule has 1 aromatic rings. The van der Waals surface area contributed by atoms with Crippen molar-refractivity contribution in [3.63, 3.8) is 0 Å². The largest absolute Gasteiger partial charge is 0.398 e. The first kappa shape index (κ1) is 8.56. The van der Waals surface area contributed by atoms with Crippen LogP contribution < -0.4 is 11.5 Å². The van der Waals surface area contributed by atoms with E-state index in [4.69, 9.17) is 11.5 Å². The Labute approximate surface area is 74.7 Å². The van der Waals surface area contributed by atoms with E-state index in [9.17, 15) is 0 Å². The van der Waals surface area contributed by atoms with Crippen molar-refractivity contribution < 1.29 is 0 Å². The lowest BCUT2D eigenvalue weighted by Gasteiger charge is -2.06. The van der Waals surface area contributed by atoms with Crippen LogP contribution in [0.5, 0.6) is 0 Å². The highest BCUT2D eigenvalue weighted by Gasteiger charge is 2.00. The first-order valence-electron chi connectivity index (χ1n) is 3.42. The summed E-state index contributed by atoms with van der Waals surface area (Å²) in [6.45, 7) is 1.93. The van der Waals surface area contributed by atoms with Crippen LogP contribution in [0, 0.1) is 0 Å². The van der Waals surface area contributed by atoms with Crippen molar-refractivity contribution in [2.45, 2.75) is 13.0 Å². The van der Waals surface area contributed by atoms with Crippen molar-refractivity contribution in [2.75, 3.05) is 5.73 Å². The molecule has 0 radical (unpaired) electrons. The van der Waals surface area contributed by atoms with Gasteiger partial charge in [0.2, 0.25) is 0 Å². The molecular formula is C8H11BrN2. The highest BCUT2D eigenvalue weighted by molar-refractivity contribution is 9.10. The summed E-state index contributed by atoms with van der Waals surface area (Å²) >= 11 is 3.31. The molecule has 0 heterocycles. The fourth-order valence-corrected chi connectivity index (χ4v) is 1.09. The molecule has 0 bridgehead atoms. The summed E-state index contributed by atoms with van der Waals surface area (Å²) in [5, 5.41) is 0.